The van der Waals surface area contributed by atoms with Crippen molar-refractivity contribution >= 4 is 34.1 Å². The number of carbonyl (C=O) groups is 2. The summed E-state index contributed by atoms with van der Waals surface area (Å²) in [6, 6.07) is 9.38. The zero-order valence-corrected chi connectivity index (χ0v) is 16.7. The molecule has 3 heterocycles. The average Bonchev–Trinajstić information content (AvgIpc) is 3.21. The van der Waals surface area contributed by atoms with Crippen LogP contribution in [0, 0.1) is 5.82 Å². The summed E-state index contributed by atoms with van der Waals surface area (Å²) < 4.78 is 18.7. The number of amides is 2. The summed E-state index contributed by atoms with van der Waals surface area (Å²) in [6.07, 6.45) is 1.58. The highest BCUT2D eigenvalue weighted by Crippen LogP contribution is 2.32. The summed E-state index contributed by atoms with van der Waals surface area (Å²) in [5.41, 5.74) is 7.03. The molecular weight excluding hydrogens is 393 g/mol. The van der Waals surface area contributed by atoms with E-state index in [-0.39, 0.29) is 17.4 Å². The molecule has 1 fully saturated rings. The molecule has 0 saturated carbocycles. The van der Waals surface area contributed by atoms with Gasteiger partial charge in [0.2, 0.25) is 0 Å². The Kier molecular flexibility index (Phi) is 5.19. The first-order chi connectivity index (χ1) is 14.0. The van der Waals surface area contributed by atoms with Crippen LogP contribution < -0.4 is 10.5 Å². The van der Waals surface area contributed by atoms with E-state index in [4.69, 9.17) is 10.5 Å². The molecule has 1 atom stereocenters. The zero-order chi connectivity index (χ0) is 20.5. The molecular formula is C21H20FN3O3S. The molecule has 1 aromatic carbocycles. The number of methoxy groups -OCH3 is 1. The number of hydrogen-bond acceptors (Lipinski definition) is 5. The lowest BCUT2D eigenvalue weighted by Crippen LogP contribution is -2.39. The third-order valence-electron chi connectivity index (χ3n) is 5.16. The Morgan fingerprint density at radius 2 is 2.10 bits per heavy atom. The van der Waals surface area contributed by atoms with Crippen LogP contribution in [0.25, 0.3) is 10.9 Å². The highest BCUT2D eigenvalue weighted by Gasteiger charge is 2.29. The quantitative estimate of drug-likeness (QED) is 0.709. The number of nitrogens with zero attached hydrogens (tertiary/aromatic N) is 2. The second-order valence-corrected chi connectivity index (χ2v) is 8.08. The van der Waals surface area contributed by atoms with Crippen LogP contribution in [-0.2, 0) is 0 Å². The van der Waals surface area contributed by atoms with Crippen molar-refractivity contribution in [2.75, 3.05) is 20.2 Å². The van der Waals surface area contributed by atoms with Crippen molar-refractivity contribution < 1.29 is 18.7 Å². The Morgan fingerprint density at radius 1 is 1.28 bits per heavy atom. The Morgan fingerprint density at radius 3 is 2.83 bits per heavy atom. The molecule has 4 rings (SSSR count). The fraction of sp³-hybridized carbons (Fsp3) is 0.286. The van der Waals surface area contributed by atoms with Gasteiger partial charge >= 0.3 is 0 Å². The van der Waals surface area contributed by atoms with Crippen molar-refractivity contribution in [1.82, 2.24) is 9.88 Å². The van der Waals surface area contributed by atoms with Crippen LogP contribution in [0.15, 0.2) is 36.4 Å². The third-order valence-corrected chi connectivity index (χ3v) is 6.19. The number of benzene rings is 1. The smallest absolute Gasteiger partial charge is 0.264 e. The van der Waals surface area contributed by atoms with Gasteiger partial charge in [-0.3, -0.25) is 14.6 Å². The van der Waals surface area contributed by atoms with Gasteiger partial charge in [0.1, 0.15) is 5.82 Å². The number of halogens is 1. The lowest BCUT2D eigenvalue weighted by Gasteiger charge is -2.33. The van der Waals surface area contributed by atoms with Gasteiger partial charge < -0.3 is 15.4 Å². The van der Waals surface area contributed by atoms with Crippen LogP contribution in [-0.4, -0.2) is 41.9 Å². The second-order valence-electron chi connectivity index (χ2n) is 7.04. The zero-order valence-electron chi connectivity index (χ0n) is 15.9. The first kappa shape index (κ1) is 19.3. The van der Waals surface area contributed by atoms with Gasteiger partial charge in [0, 0.05) is 24.4 Å². The number of hydrogen-bond donors (Lipinski definition) is 1. The van der Waals surface area contributed by atoms with Crippen LogP contribution in [0.5, 0.6) is 5.06 Å². The van der Waals surface area contributed by atoms with Gasteiger partial charge in [-0.05, 0) is 49.2 Å². The molecule has 29 heavy (non-hydrogen) atoms. The lowest BCUT2D eigenvalue weighted by atomic mass is 9.90. The average molecular weight is 413 g/mol. The summed E-state index contributed by atoms with van der Waals surface area (Å²) >= 11 is 1.30. The number of rotatable bonds is 4. The minimum Gasteiger partial charge on any atom is -0.487 e. The molecule has 0 aliphatic carbocycles. The largest absolute Gasteiger partial charge is 0.487 e. The van der Waals surface area contributed by atoms with E-state index in [0.717, 1.165) is 12.8 Å². The van der Waals surface area contributed by atoms with E-state index in [1.54, 1.807) is 36.3 Å². The normalized spacial score (nSPS) is 16.8. The molecule has 0 radical (unpaired) electrons. The highest BCUT2D eigenvalue weighted by atomic mass is 32.1. The fourth-order valence-electron chi connectivity index (χ4n) is 3.76. The Hall–Kier alpha value is -3.00. The molecule has 8 heteroatoms. The molecule has 1 aliphatic rings. The van der Waals surface area contributed by atoms with Gasteiger partial charge in [-0.25, -0.2) is 4.39 Å². The highest BCUT2D eigenvalue weighted by molar-refractivity contribution is 7.15. The van der Waals surface area contributed by atoms with Crippen molar-refractivity contribution in [1.29, 1.82) is 0 Å². The number of pyridine rings is 1. The number of likely N-dealkylation sites (tertiary alicyclic amines) is 1. The minimum absolute atomic E-state index is 0.0634. The number of ether oxygens (including phenoxy) is 1. The maximum Gasteiger partial charge on any atom is 0.264 e. The maximum atomic E-state index is 13.6. The van der Waals surface area contributed by atoms with E-state index in [1.807, 2.05) is 0 Å². The van der Waals surface area contributed by atoms with E-state index < -0.39 is 11.7 Å². The van der Waals surface area contributed by atoms with Gasteiger partial charge in [0.15, 0.2) is 5.06 Å². The van der Waals surface area contributed by atoms with Crippen molar-refractivity contribution in [2.24, 2.45) is 5.73 Å². The molecule has 2 N–H and O–H groups in total. The predicted octanol–water partition coefficient (Wildman–Crippen LogP) is 3.56. The fourth-order valence-corrected chi connectivity index (χ4v) is 4.54. The van der Waals surface area contributed by atoms with Gasteiger partial charge in [-0.1, -0.05) is 11.3 Å². The topological polar surface area (TPSA) is 85.5 Å². The summed E-state index contributed by atoms with van der Waals surface area (Å²) in [6.45, 7) is 1.08. The first-order valence-corrected chi connectivity index (χ1v) is 10.1. The number of piperidine rings is 1. The monoisotopic (exact) mass is 413 g/mol. The minimum atomic E-state index is -0.606. The summed E-state index contributed by atoms with van der Waals surface area (Å²) in [7, 11) is 1.57. The van der Waals surface area contributed by atoms with Gasteiger partial charge in [0.05, 0.1) is 28.8 Å². The summed E-state index contributed by atoms with van der Waals surface area (Å²) in [5.74, 6) is -1.19. The Bertz CT molecular complexity index is 1100. The van der Waals surface area contributed by atoms with E-state index in [1.165, 1.54) is 23.5 Å². The molecule has 1 saturated heterocycles. The Balaban J connectivity index is 1.66. The van der Waals surface area contributed by atoms with Crippen molar-refractivity contribution in [3.8, 4) is 5.06 Å². The molecule has 3 aromatic rings. The molecule has 2 aromatic heterocycles. The van der Waals surface area contributed by atoms with E-state index in [0.29, 0.717) is 39.6 Å². The number of primary amides is 1. The number of carbonyl (C=O) groups excluding carboxylic acids is 2. The van der Waals surface area contributed by atoms with Crippen LogP contribution in [0.1, 0.15) is 44.5 Å². The summed E-state index contributed by atoms with van der Waals surface area (Å²) in [4.78, 5) is 32.0. The van der Waals surface area contributed by atoms with Crippen molar-refractivity contribution in [3.63, 3.8) is 0 Å². The standard InChI is InChI=1S/C21H20FN3O3S/c1-28-18-7-6-17(29-18)21(27)25-8-2-3-12(11-25)19-15(20(23)26)10-13-9-14(22)4-5-16(13)24-19/h4-7,9-10,12H,2-3,8,11H2,1H3,(H2,23,26). The van der Waals surface area contributed by atoms with Crippen LogP contribution >= 0.6 is 11.3 Å². The molecule has 6 nitrogen and oxygen atoms in total. The second kappa shape index (κ2) is 7.79. The number of thiophene rings is 1. The van der Waals surface area contributed by atoms with E-state index in [9.17, 15) is 14.0 Å². The predicted molar refractivity (Wildman–Crippen MR) is 109 cm³/mol. The van der Waals surface area contributed by atoms with Crippen molar-refractivity contribution in [3.05, 3.63) is 58.3 Å². The van der Waals surface area contributed by atoms with Crippen LogP contribution in [0.2, 0.25) is 0 Å². The lowest BCUT2D eigenvalue weighted by molar-refractivity contribution is 0.0710. The van der Waals surface area contributed by atoms with Crippen molar-refractivity contribution in [2.45, 2.75) is 18.8 Å². The van der Waals surface area contributed by atoms with Gasteiger partial charge in [-0.15, -0.1) is 0 Å². The van der Waals surface area contributed by atoms with Crippen LogP contribution in [0.3, 0.4) is 0 Å². The van der Waals surface area contributed by atoms with Crippen LogP contribution in [0.4, 0.5) is 4.39 Å². The molecule has 2 amide bonds. The van der Waals surface area contributed by atoms with Gasteiger partial charge in [-0.2, -0.15) is 0 Å². The maximum absolute atomic E-state index is 13.6. The molecule has 0 spiro atoms. The first-order valence-electron chi connectivity index (χ1n) is 9.29. The Labute approximate surface area is 171 Å². The third kappa shape index (κ3) is 3.80. The molecule has 1 aliphatic heterocycles. The number of nitrogens with two attached hydrogens (primary N) is 1. The molecule has 0 bridgehead atoms. The SMILES string of the molecule is COc1ccc(C(=O)N2CCCC(c3nc4ccc(F)cc4cc3C(N)=O)C2)s1. The van der Waals surface area contributed by atoms with E-state index >= 15 is 0 Å². The summed E-state index contributed by atoms with van der Waals surface area (Å²) in [5, 5.41) is 1.21. The number of aromatic nitrogens is 1. The molecule has 150 valence electrons. The van der Waals surface area contributed by atoms with Gasteiger partial charge in [0.25, 0.3) is 11.8 Å². The number of fused-ring (bicyclic) bond motifs is 1. The molecule has 1 unspecified atom stereocenters. The van der Waals surface area contributed by atoms with E-state index in [2.05, 4.69) is 4.98 Å².